The molecule has 0 unspecified atom stereocenters. The summed E-state index contributed by atoms with van der Waals surface area (Å²) in [6, 6.07) is 13.7. The second-order valence-electron chi connectivity index (χ2n) is 6.11. The van der Waals surface area contributed by atoms with Crippen molar-refractivity contribution in [2.24, 2.45) is 0 Å². The SMILES string of the molecule is Cc1nn(-c2ccccc2)c(C)c1CNC(=O)c1ccc(N)c([N+](=O)[O-])c1. The van der Waals surface area contributed by atoms with Gasteiger partial charge in [-0.3, -0.25) is 14.9 Å². The molecule has 0 bridgehead atoms. The minimum absolute atomic E-state index is 0.0207. The van der Waals surface area contributed by atoms with E-state index in [1.54, 1.807) is 0 Å². The third-order valence-corrected chi connectivity index (χ3v) is 4.36. The minimum Gasteiger partial charge on any atom is -0.393 e. The molecule has 0 aliphatic carbocycles. The van der Waals surface area contributed by atoms with Gasteiger partial charge in [0, 0.05) is 29.4 Å². The number of nitrogens with zero attached hydrogens (tertiary/aromatic N) is 3. The highest BCUT2D eigenvalue weighted by atomic mass is 16.6. The number of amides is 1. The van der Waals surface area contributed by atoms with E-state index in [4.69, 9.17) is 5.73 Å². The highest BCUT2D eigenvalue weighted by molar-refractivity contribution is 5.95. The molecule has 3 aromatic rings. The monoisotopic (exact) mass is 365 g/mol. The van der Waals surface area contributed by atoms with Crippen LogP contribution in [0.3, 0.4) is 0 Å². The summed E-state index contributed by atoms with van der Waals surface area (Å²) >= 11 is 0. The number of nitro benzene ring substituents is 1. The first-order valence-corrected chi connectivity index (χ1v) is 8.31. The number of carbonyl (C=O) groups is 1. The van der Waals surface area contributed by atoms with Crippen molar-refractivity contribution >= 4 is 17.3 Å². The molecule has 138 valence electrons. The quantitative estimate of drug-likeness (QED) is 0.410. The van der Waals surface area contributed by atoms with Gasteiger partial charge in [0.2, 0.25) is 0 Å². The standard InChI is InChI=1S/C19H19N5O3/c1-12-16(13(2)23(22-12)15-6-4-3-5-7-15)11-21-19(25)14-8-9-17(20)18(10-14)24(26)27/h3-10H,11,20H2,1-2H3,(H,21,25). The van der Waals surface area contributed by atoms with Gasteiger partial charge in [-0.1, -0.05) is 18.2 Å². The number of anilines is 1. The lowest BCUT2D eigenvalue weighted by Crippen LogP contribution is -2.23. The van der Waals surface area contributed by atoms with E-state index in [9.17, 15) is 14.9 Å². The second kappa shape index (κ2) is 7.28. The lowest BCUT2D eigenvalue weighted by molar-refractivity contribution is -0.383. The molecule has 0 atom stereocenters. The van der Waals surface area contributed by atoms with E-state index in [2.05, 4.69) is 10.4 Å². The molecule has 3 rings (SSSR count). The number of hydrogen-bond acceptors (Lipinski definition) is 5. The molecule has 0 spiro atoms. The lowest BCUT2D eigenvalue weighted by atomic mass is 10.1. The van der Waals surface area contributed by atoms with Crippen molar-refractivity contribution in [3.63, 3.8) is 0 Å². The van der Waals surface area contributed by atoms with Crippen molar-refractivity contribution in [1.29, 1.82) is 0 Å². The molecule has 1 heterocycles. The molecule has 0 radical (unpaired) electrons. The highest BCUT2D eigenvalue weighted by Gasteiger charge is 2.17. The molecule has 27 heavy (non-hydrogen) atoms. The maximum Gasteiger partial charge on any atom is 0.292 e. The van der Waals surface area contributed by atoms with Crippen LogP contribution in [0.2, 0.25) is 0 Å². The fourth-order valence-electron chi connectivity index (χ4n) is 2.87. The van der Waals surface area contributed by atoms with Gasteiger partial charge in [-0.05, 0) is 38.1 Å². The summed E-state index contributed by atoms with van der Waals surface area (Å²) in [5.41, 5.74) is 9.05. The Bertz CT molecular complexity index is 1010. The van der Waals surface area contributed by atoms with Crippen LogP contribution >= 0.6 is 0 Å². The third kappa shape index (κ3) is 3.64. The lowest BCUT2D eigenvalue weighted by Gasteiger charge is -2.08. The van der Waals surface area contributed by atoms with Gasteiger partial charge < -0.3 is 11.1 Å². The molecule has 1 amide bonds. The third-order valence-electron chi connectivity index (χ3n) is 4.36. The average Bonchev–Trinajstić information content (AvgIpc) is 2.94. The number of benzene rings is 2. The largest absolute Gasteiger partial charge is 0.393 e. The van der Waals surface area contributed by atoms with Crippen molar-refractivity contribution in [3.8, 4) is 5.69 Å². The fraction of sp³-hybridized carbons (Fsp3) is 0.158. The number of nitrogens with two attached hydrogens (primary N) is 1. The number of aromatic nitrogens is 2. The number of nitro groups is 1. The number of hydrogen-bond donors (Lipinski definition) is 2. The van der Waals surface area contributed by atoms with Crippen LogP contribution in [0.4, 0.5) is 11.4 Å². The molecule has 0 aliphatic rings. The normalized spacial score (nSPS) is 10.6. The summed E-state index contributed by atoms with van der Waals surface area (Å²) in [6.45, 7) is 4.08. The van der Waals surface area contributed by atoms with Crippen LogP contribution in [0.15, 0.2) is 48.5 Å². The molecule has 1 aromatic heterocycles. The summed E-state index contributed by atoms with van der Waals surface area (Å²) < 4.78 is 1.82. The Labute approximate surface area is 155 Å². The molecule has 0 aliphatic heterocycles. The molecule has 0 saturated heterocycles. The van der Waals surface area contributed by atoms with E-state index in [0.29, 0.717) is 0 Å². The van der Waals surface area contributed by atoms with Gasteiger partial charge in [0.15, 0.2) is 0 Å². The van der Waals surface area contributed by atoms with Crippen LogP contribution in [0.25, 0.3) is 5.69 Å². The fourth-order valence-corrected chi connectivity index (χ4v) is 2.87. The predicted octanol–water partition coefficient (Wildman–Crippen LogP) is 2.91. The van der Waals surface area contributed by atoms with Gasteiger partial charge in [-0.15, -0.1) is 0 Å². The summed E-state index contributed by atoms with van der Waals surface area (Å²) in [7, 11) is 0. The van der Waals surface area contributed by atoms with E-state index in [-0.39, 0.29) is 23.5 Å². The highest BCUT2D eigenvalue weighted by Crippen LogP contribution is 2.22. The molecule has 0 saturated carbocycles. The Balaban J connectivity index is 1.79. The van der Waals surface area contributed by atoms with Gasteiger partial charge in [0.25, 0.3) is 11.6 Å². The molecular formula is C19H19N5O3. The van der Waals surface area contributed by atoms with E-state index in [0.717, 1.165) is 22.6 Å². The van der Waals surface area contributed by atoms with Crippen molar-refractivity contribution in [2.75, 3.05) is 5.73 Å². The molecule has 0 fully saturated rings. The predicted molar refractivity (Wildman–Crippen MR) is 102 cm³/mol. The summed E-state index contributed by atoms with van der Waals surface area (Å²) in [5, 5.41) is 18.3. The van der Waals surface area contributed by atoms with Crippen LogP contribution in [0, 0.1) is 24.0 Å². The number of aryl methyl sites for hydroxylation is 1. The van der Waals surface area contributed by atoms with Gasteiger partial charge >= 0.3 is 0 Å². The van der Waals surface area contributed by atoms with E-state index < -0.39 is 10.8 Å². The van der Waals surface area contributed by atoms with Crippen LogP contribution < -0.4 is 11.1 Å². The number of nitrogen functional groups attached to an aromatic ring is 1. The average molecular weight is 365 g/mol. The zero-order chi connectivity index (χ0) is 19.6. The molecular weight excluding hydrogens is 346 g/mol. The van der Waals surface area contributed by atoms with Crippen molar-refractivity contribution in [1.82, 2.24) is 15.1 Å². The van der Waals surface area contributed by atoms with Crippen molar-refractivity contribution < 1.29 is 9.72 Å². The number of nitrogens with one attached hydrogen (secondary N) is 1. The van der Waals surface area contributed by atoms with E-state index in [1.165, 1.54) is 18.2 Å². The Morgan fingerprint density at radius 2 is 1.93 bits per heavy atom. The molecule has 3 N–H and O–H groups in total. The summed E-state index contributed by atoms with van der Waals surface area (Å²) in [4.78, 5) is 22.8. The van der Waals surface area contributed by atoms with Crippen LogP contribution in [0.5, 0.6) is 0 Å². The van der Waals surface area contributed by atoms with Crippen LogP contribution in [0.1, 0.15) is 27.3 Å². The molecule has 8 heteroatoms. The smallest absolute Gasteiger partial charge is 0.292 e. The van der Waals surface area contributed by atoms with Crippen molar-refractivity contribution in [3.05, 3.63) is 81.2 Å². The number of para-hydroxylation sites is 1. The Morgan fingerprint density at radius 1 is 1.22 bits per heavy atom. The number of carbonyl (C=O) groups excluding carboxylic acids is 1. The van der Waals surface area contributed by atoms with Gasteiger partial charge in [-0.25, -0.2) is 4.68 Å². The zero-order valence-corrected chi connectivity index (χ0v) is 15.0. The minimum atomic E-state index is -0.607. The zero-order valence-electron chi connectivity index (χ0n) is 15.0. The number of rotatable bonds is 5. The first kappa shape index (κ1) is 18.1. The van der Waals surface area contributed by atoms with E-state index in [1.807, 2.05) is 48.9 Å². The Hall–Kier alpha value is -3.68. The molecule has 8 nitrogen and oxygen atoms in total. The first-order valence-electron chi connectivity index (χ1n) is 8.31. The second-order valence-corrected chi connectivity index (χ2v) is 6.11. The van der Waals surface area contributed by atoms with Crippen LogP contribution in [-0.2, 0) is 6.54 Å². The topological polar surface area (TPSA) is 116 Å². The summed E-state index contributed by atoms with van der Waals surface area (Å²) in [5.74, 6) is -0.413. The Morgan fingerprint density at radius 3 is 2.59 bits per heavy atom. The van der Waals surface area contributed by atoms with Gasteiger partial charge in [0.05, 0.1) is 16.3 Å². The van der Waals surface area contributed by atoms with Crippen molar-refractivity contribution in [2.45, 2.75) is 20.4 Å². The van der Waals surface area contributed by atoms with Gasteiger partial charge in [-0.2, -0.15) is 5.10 Å². The Kier molecular flexibility index (Phi) is 4.89. The van der Waals surface area contributed by atoms with E-state index >= 15 is 0 Å². The maximum atomic E-state index is 12.4. The maximum absolute atomic E-state index is 12.4. The van der Waals surface area contributed by atoms with Gasteiger partial charge in [0.1, 0.15) is 5.69 Å². The first-order chi connectivity index (χ1) is 12.9. The molecule has 2 aromatic carbocycles. The van der Waals surface area contributed by atoms with Crippen LogP contribution in [-0.4, -0.2) is 20.6 Å². The summed E-state index contributed by atoms with van der Waals surface area (Å²) in [6.07, 6.45) is 0.